The van der Waals surface area contributed by atoms with Crippen LogP contribution in [0.3, 0.4) is 0 Å². The van der Waals surface area contributed by atoms with E-state index in [0.717, 1.165) is 26.2 Å². The molecule has 7 heteroatoms. The molecule has 0 unspecified atom stereocenters. The molecule has 1 aromatic carbocycles. The summed E-state index contributed by atoms with van der Waals surface area (Å²) in [4.78, 5) is 14.3. The minimum absolute atomic E-state index is 0.0326. The zero-order chi connectivity index (χ0) is 15.6. The van der Waals surface area contributed by atoms with E-state index in [4.69, 9.17) is 0 Å². The van der Waals surface area contributed by atoms with E-state index in [1.807, 2.05) is 4.90 Å². The Morgan fingerprint density at radius 1 is 1.18 bits per heavy atom. The minimum atomic E-state index is -3.53. The molecule has 2 aliphatic rings. The fraction of sp³-hybridized carbons (Fsp3) is 0.533. The van der Waals surface area contributed by atoms with Crippen molar-refractivity contribution in [2.75, 3.05) is 32.7 Å². The smallest absolute Gasteiger partial charge is 0.240 e. The first-order valence-electron chi connectivity index (χ1n) is 7.59. The lowest BCUT2D eigenvalue weighted by Gasteiger charge is -2.17. The second-order valence-corrected chi connectivity index (χ2v) is 7.70. The summed E-state index contributed by atoms with van der Waals surface area (Å²) in [6.45, 7) is 3.69. The molecule has 0 saturated carbocycles. The molecule has 6 nitrogen and oxygen atoms in total. The summed E-state index contributed by atoms with van der Waals surface area (Å²) >= 11 is 0. The van der Waals surface area contributed by atoms with E-state index in [-0.39, 0.29) is 23.8 Å². The highest BCUT2D eigenvalue weighted by Gasteiger charge is 2.37. The molecule has 0 radical (unpaired) electrons. The van der Waals surface area contributed by atoms with Crippen molar-refractivity contribution in [1.29, 1.82) is 0 Å². The maximum atomic E-state index is 12.2. The number of hydrogen-bond donors (Lipinski definition) is 2. The number of sulfonamides is 1. The van der Waals surface area contributed by atoms with Crippen LogP contribution in [0.15, 0.2) is 35.2 Å². The molecule has 1 aromatic rings. The van der Waals surface area contributed by atoms with E-state index < -0.39 is 10.0 Å². The van der Waals surface area contributed by atoms with Gasteiger partial charge in [0.05, 0.1) is 4.90 Å². The Hall–Kier alpha value is -1.44. The topological polar surface area (TPSA) is 78.5 Å². The number of carbonyl (C=O) groups excluding carboxylic acids is 1. The van der Waals surface area contributed by atoms with Crippen molar-refractivity contribution in [2.45, 2.75) is 11.3 Å². The molecule has 22 heavy (non-hydrogen) atoms. The molecule has 2 heterocycles. The van der Waals surface area contributed by atoms with Crippen LogP contribution >= 0.6 is 0 Å². The van der Waals surface area contributed by atoms with Crippen LogP contribution in [0, 0.1) is 11.8 Å². The van der Waals surface area contributed by atoms with Gasteiger partial charge in [-0.1, -0.05) is 18.2 Å². The Balaban J connectivity index is 1.48. The fourth-order valence-electron chi connectivity index (χ4n) is 3.19. The minimum Gasteiger partial charge on any atom is -0.342 e. The number of nitrogens with one attached hydrogen (secondary N) is 2. The van der Waals surface area contributed by atoms with Crippen molar-refractivity contribution in [3.63, 3.8) is 0 Å². The Bertz CT molecular complexity index is 621. The summed E-state index contributed by atoms with van der Waals surface area (Å²) in [5.41, 5.74) is 0. The van der Waals surface area contributed by atoms with Gasteiger partial charge in [-0.3, -0.25) is 4.79 Å². The van der Waals surface area contributed by atoms with Gasteiger partial charge in [0, 0.05) is 39.1 Å². The second kappa shape index (κ2) is 6.36. The third-order valence-corrected chi connectivity index (χ3v) is 5.90. The molecule has 120 valence electrons. The van der Waals surface area contributed by atoms with Gasteiger partial charge in [-0.15, -0.1) is 0 Å². The van der Waals surface area contributed by atoms with Crippen molar-refractivity contribution < 1.29 is 13.2 Å². The van der Waals surface area contributed by atoms with Crippen LogP contribution in [0.5, 0.6) is 0 Å². The summed E-state index contributed by atoms with van der Waals surface area (Å²) in [6, 6.07) is 8.20. The molecule has 2 saturated heterocycles. The van der Waals surface area contributed by atoms with Crippen molar-refractivity contribution in [3.05, 3.63) is 30.3 Å². The predicted molar refractivity (Wildman–Crippen MR) is 82.7 cm³/mol. The van der Waals surface area contributed by atoms with Gasteiger partial charge in [0.2, 0.25) is 15.9 Å². The van der Waals surface area contributed by atoms with E-state index in [2.05, 4.69) is 10.0 Å². The molecule has 2 aliphatic heterocycles. The van der Waals surface area contributed by atoms with E-state index >= 15 is 0 Å². The fourth-order valence-corrected chi connectivity index (χ4v) is 4.25. The largest absolute Gasteiger partial charge is 0.342 e. The lowest BCUT2D eigenvalue weighted by atomic mass is 10.0. The summed E-state index contributed by atoms with van der Waals surface area (Å²) in [6.07, 6.45) is 0.207. The first-order chi connectivity index (χ1) is 10.6. The van der Waals surface area contributed by atoms with Gasteiger partial charge in [0.15, 0.2) is 0 Å². The molecule has 1 amide bonds. The SMILES string of the molecule is O=C(CCNS(=O)(=O)c1ccccc1)N1C[C@H]2CNC[C@H]2C1. The van der Waals surface area contributed by atoms with E-state index in [9.17, 15) is 13.2 Å². The lowest BCUT2D eigenvalue weighted by molar-refractivity contribution is -0.130. The average Bonchev–Trinajstić information content (AvgIpc) is 3.09. The molecular weight excluding hydrogens is 302 g/mol. The number of rotatable bonds is 5. The normalized spacial score (nSPS) is 24.5. The van der Waals surface area contributed by atoms with Gasteiger partial charge in [-0.2, -0.15) is 0 Å². The van der Waals surface area contributed by atoms with Crippen LogP contribution in [0.4, 0.5) is 0 Å². The van der Waals surface area contributed by atoms with Gasteiger partial charge < -0.3 is 10.2 Å². The highest BCUT2D eigenvalue weighted by atomic mass is 32.2. The van der Waals surface area contributed by atoms with Gasteiger partial charge in [-0.05, 0) is 24.0 Å². The van der Waals surface area contributed by atoms with Crippen LogP contribution < -0.4 is 10.0 Å². The molecule has 3 rings (SSSR count). The van der Waals surface area contributed by atoms with Gasteiger partial charge in [-0.25, -0.2) is 13.1 Å². The maximum Gasteiger partial charge on any atom is 0.240 e. The number of hydrogen-bond acceptors (Lipinski definition) is 4. The number of likely N-dealkylation sites (tertiary alicyclic amines) is 1. The third-order valence-electron chi connectivity index (χ3n) is 4.43. The lowest BCUT2D eigenvalue weighted by Crippen LogP contribution is -2.35. The van der Waals surface area contributed by atoms with Gasteiger partial charge in [0.25, 0.3) is 0 Å². The second-order valence-electron chi connectivity index (χ2n) is 5.94. The van der Waals surface area contributed by atoms with Crippen LogP contribution in [0.2, 0.25) is 0 Å². The average molecular weight is 323 g/mol. The summed E-state index contributed by atoms with van der Waals surface area (Å²) in [5.74, 6) is 1.15. The highest BCUT2D eigenvalue weighted by Crippen LogP contribution is 2.26. The highest BCUT2D eigenvalue weighted by molar-refractivity contribution is 7.89. The molecule has 0 spiro atoms. The summed E-state index contributed by atoms with van der Waals surface area (Å²) in [7, 11) is -3.53. The van der Waals surface area contributed by atoms with E-state index in [1.165, 1.54) is 0 Å². The van der Waals surface area contributed by atoms with Crippen LogP contribution in [0.25, 0.3) is 0 Å². The maximum absolute atomic E-state index is 12.2. The van der Waals surface area contributed by atoms with E-state index in [1.54, 1.807) is 30.3 Å². The zero-order valence-corrected chi connectivity index (χ0v) is 13.2. The molecular formula is C15H21N3O3S. The van der Waals surface area contributed by atoms with Gasteiger partial charge >= 0.3 is 0 Å². The molecule has 2 fully saturated rings. The number of amides is 1. The third kappa shape index (κ3) is 3.31. The first kappa shape index (κ1) is 15.5. The van der Waals surface area contributed by atoms with Crippen molar-refractivity contribution in [3.8, 4) is 0 Å². The molecule has 2 N–H and O–H groups in total. The summed E-state index contributed by atoms with van der Waals surface area (Å²) < 4.78 is 26.6. The number of benzene rings is 1. The zero-order valence-electron chi connectivity index (χ0n) is 12.4. The molecule has 0 aromatic heterocycles. The van der Waals surface area contributed by atoms with Crippen LogP contribution in [-0.2, 0) is 14.8 Å². The first-order valence-corrected chi connectivity index (χ1v) is 9.08. The monoisotopic (exact) mass is 323 g/mol. The summed E-state index contributed by atoms with van der Waals surface area (Å²) in [5, 5.41) is 3.34. The molecule has 0 aliphatic carbocycles. The van der Waals surface area contributed by atoms with Crippen LogP contribution in [-0.4, -0.2) is 51.9 Å². The standard InChI is InChI=1S/C15H21N3O3S/c19-15(18-10-12-8-16-9-13(12)11-18)6-7-17-22(20,21)14-4-2-1-3-5-14/h1-5,12-13,16-17H,6-11H2/t12-,13+. The molecule has 2 atom stereocenters. The van der Waals surface area contributed by atoms with E-state index in [0.29, 0.717) is 11.8 Å². The van der Waals surface area contributed by atoms with Gasteiger partial charge in [0.1, 0.15) is 0 Å². The van der Waals surface area contributed by atoms with Crippen molar-refractivity contribution in [1.82, 2.24) is 14.9 Å². The Morgan fingerprint density at radius 3 is 2.45 bits per heavy atom. The molecule has 0 bridgehead atoms. The Morgan fingerprint density at radius 2 is 1.82 bits per heavy atom. The number of nitrogens with zero attached hydrogens (tertiary/aromatic N) is 1. The van der Waals surface area contributed by atoms with Crippen LogP contribution in [0.1, 0.15) is 6.42 Å². The quantitative estimate of drug-likeness (QED) is 0.801. The number of fused-ring (bicyclic) bond motifs is 1. The Labute approximate surface area is 130 Å². The predicted octanol–water partition coefficient (Wildman–Crippen LogP) is 0.0328. The number of carbonyl (C=O) groups is 1. The Kier molecular flexibility index (Phi) is 4.46. The van der Waals surface area contributed by atoms with Crippen molar-refractivity contribution in [2.24, 2.45) is 11.8 Å². The van der Waals surface area contributed by atoms with Crippen molar-refractivity contribution >= 4 is 15.9 Å².